The van der Waals surface area contributed by atoms with E-state index in [4.69, 9.17) is 0 Å². The summed E-state index contributed by atoms with van der Waals surface area (Å²) in [4.78, 5) is 5.29. The van der Waals surface area contributed by atoms with Gasteiger partial charge < -0.3 is 9.80 Å². The highest BCUT2D eigenvalue weighted by Crippen LogP contribution is 2.32. The van der Waals surface area contributed by atoms with E-state index in [-0.39, 0.29) is 24.8 Å². The molecule has 2 fully saturated rings. The third kappa shape index (κ3) is 15.4. The summed E-state index contributed by atoms with van der Waals surface area (Å²) in [6.07, 6.45) is 27.9. The monoisotopic (exact) mass is 492 g/mol. The van der Waals surface area contributed by atoms with Crippen LogP contribution in [0.4, 0.5) is 0 Å². The molecule has 2 heterocycles. The van der Waals surface area contributed by atoms with Crippen molar-refractivity contribution in [1.29, 1.82) is 0 Å². The summed E-state index contributed by atoms with van der Waals surface area (Å²) in [7, 11) is 2.29. The Morgan fingerprint density at radius 1 is 0.500 bits per heavy atom. The maximum absolute atomic E-state index is 2.77. The minimum atomic E-state index is 0. The molecular formula is C28H58Cl2N2. The zero-order chi connectivity index (χ0) is 21.3. The second kappa shape index (κ2) is 22.0. The standard InChI is InChI=1S/C28H56N2.2ClH/c1-3-4-5-6-7-8-9-10-11-12-13-14-15-16-17-22-30-25-20-28(21-26-30)27-18-23-29(2)24-19-27;;/h27-28H,3-26H2,1-2H3;2*1H. The molecule has 0 aromatic carbocycles. The van der Waals surface area contributed by atoms with Crippen molar-refractivity contribution in [1.82, 2.24) is 9.80 Å². The van der Waals surface area contributed by atoms with Crippen molar-refractivity contribution in [3.05, 3.63) is 0 Å². The van der Waals surface area contributed by atoms with Crippen molar-refractivity contribution in [2.75, 3.05) is 39.8 Å². The first-order chi connectivity index (χ1) is 14.8. The molecule has 2 rings (SSSR count). The normalized spacial score (nSPS) is 18.9. The number of likely N-dealkylation sites (tertiary alicyclic amines) is 2. The molecule has 32 heavy (non-hydrogen) atoms. The Labute approximate surface area is 214 Å². The average Bonchev–Trinajstić information content (AvgIpc) is 2.77. The molecule has 2 saturated heterocycles. The molecule has 194 valence electrons. The number of unbranched alkanes of at least 4 members (excludes halogenated alkanes) is 14. The second-order valence-electron chi connectivity index (χ2n) is 10.8. The lowest BCUT2D eigenvalue weighted by Gasteiger charge is -2.39. The molecule has 0 saturated carbocycles. The van der Waals surface area contributed by atoms with Crippen LogP contribution < -0.4 is 0 Å². The lowest BCUT2D eigenvalue weighted by molar-refractivity contribution is 0.104. The van der Waals surface area contributed by atoms with E-state index in [2.05, 4.69) is 23.8 Å². The van der Waals surface area contributed by atoms with Gasteiger partial charge >= 0.3 is 0 Å². The van der Waals surface area contributed by atoms with Gasteiger partial charge in [0, 0.05) is 0 Å². The Morgan fingerprint density at radius 2 is 0.844 bits per heavy atom. The molecule has 0 bridgehead atoms. The summed E-state index contributed by atoms with van der Waals surface area (Å²) in [5, 5.41) is 0. The fraction of sp³-hybridized carbons (Fsp3) is 1.00. The van der Waals surface area contributed by atoms with Crippen molar-refractivity contribution >= 4 is 24.8 Å². The first kappa shape index (κ1) is 32.5. The van der Waals surface area contributed by atoms with Gasteiger partial charge in [-0.25, -0.2) is 0 Å². The Balaban J connectivity index is 0.00000480. The van der Waals surface area contributed by atoms with Crippen LogP contribution >= 0.6 is 24.8 Å². The van der Waals surface area contributed by atoms with Crippen molar-refractivity contribution in [2.45, 2.75) is 129 Å². The van der Waals surface area contributed by atoms with Crippen molar-refractivity contribution in [3.63, 3.8) is 0 Å². The van der Waals surface area contributed by atoms with E-state index in [0.717, 1.165) is 11.8 Å². The molecule has 0 unspecified atom stereocenters. The van der Waals surface area contributed by atoms with E-state index in [1.165, 1.54) is 155 Å². The highest BCUT2D eigenvalue weighted by atomic mass is 35.5. The van der Waals surface area contributed by atoms with Gasteiger partial charge in [-0.15, -0.1) is 24.8 Å². The van der Waals surface area contributed by atoms with Crippen LogP contribution in [0, 0.1) is 11.8 Å². The Hall–Kier alpha value is 0.500. The molecule has 0 atom stereocenters. The predicted molar refractivity (Wildman–Crippen MR) is 149 cm³/mol. The van der Waals surface area contributed by atoms with Crippen LogP contribution in [0.15, 0.2) is 0 Å². The molecule has 0 N–H and O–H groups in total. The second-order valence-corrected chi connectivity index (χ2v) is 10.8. The van der Waals surface area contributed by atoms with Gasteiger partial charge in [0.1, 0.15) is 0 Å². The minimum Gasteiger partial charge on any atom is -0.306 e. The molecule has 0 radical (unpaired) electrons. The van der Waals surface area contributed by atoms with Crippen LogP contribution in [-0.2, 0) is 0 Å². The molecule has 0 aliphatic carbocycles. The van der Waals surface area contributed by atoms with E-state index < -0.39 is 0 Å². The number of hydrogen-bond acceptors (Lipinski definition) is 2. The maximum atomic E-state index is 2.77. The molecule has 2 aliphatic heterocycles. The van der Waals surface area contributed by atoms with Crippen LogP contribution in [0.3, 0.4) is 0 Å². The van der Waals surface area contributed by atoms with Crippen LogP contribution in [0.5, 0.6) is 0 Å². The Kier molecular flexibility index (Phi) is 22.3. The fourth-order valence-electron chi connectivity index (χ4n) is 5.85. The van der Waals surface area contributed by atoms with Crippen molar-refractivity contribution in [2.24, 2.45) is 11.8 Å². The van der Waals surface area contributed by atoms with E-state index in [0.29, 0.717) is 0 Å². The summed E-state index contributed by atoms with van der Waals surface area (Å²) in [5.74, 6) is 2.07. The molecule has 0 amide bonds. The van der Waals surface area contributed by atoms with E-state index in [9.17, 15) is 0 Å². The van der Waals surface area contributed by atoms with E-state index in [1.807, 2.05) is 0 Å². The van der Waals surface area contributed by atoms with Crippen LogP contribution in [0.2, 0.25) is 0 Å². The van der Waals surface area contributed by atoms with Crippen molar-refractivity contribution in [3.8, 4) is 0 Å². The average molecular weight is 494 g/mol. The third-order valence-corrected chi connectivity index (χ3v) is 8.14. The summed E-state index contributed by atoms with van der Waals surface area (Å²) in [6, 6.07) is 0. The lowest BCUT2D eigenvalue weighted by Crippen LogP contribution is -2.40. The Bertz CT molecular complexity index is 378. The van der Waals surface area contributed by atoms with E-state index >= 15 is 0 Å². The highest BCUT2D eigenvalue weighted by molar-refractivity contribution is 5.85. The maximum Gasteiger partial charge on any atom is -0.00160 e. The number of hydrogen-bond donors (Lipinski definition) is 0. The molecule has 4 heteroatoms. The zero-order valence-corrected chi connectivity index (χ0v) is 23.5. The summed E-state index contributed by atoms with van der Waals surface area (Å²) >= 11 is 0. The quantitative estimate of drug-likeness (QED) is 0.187. The smallest absolute Gasteiger partial charge is 0.00160 e. The molecular weight excluding hydrogens is 435 g/mol. The summed E-state index contributed by atoms with van der Waals surface area (Å²) < 4.78 is 0. The topological polar surface area (TPSA) is 6.48 Å². The highest BCUT2D eigenvalue weighted by Gasteiger charge is 2.28. The van der Waals surface area contributed by atoms with E-state index in [1.54, 1.807) is 0 Å². The first-order valence-electron chi connectivity index (χ1n) is 14.2. The van der Waals surface area contributed by atoms with Gasteiger partial charge in [-0.2, -0.15) is 0 Å². The summed E-state index contributed by atoms with van der Waals surface area (Å²) in [5.41, 5.74) is 0. The van der Waals surface area contributed by atoms with Gasteiger partial charge in [-0.05, 0) is 83.7 Å². The van der Waals surface area contributed by atoms with Crippen LogP contribution in [0.1, 0.15) is 129 Å². The van der Waals surface area contributed by atoms with Gasteiger partial charge in [0.05, 0.1) is 0 Å². The Morgan fingerprint density at radius 3 is 1.25 bits per heavy atom. The van der Waals surface area contributed by atoms with Gasteiger partial charge in [0.25, 0.3) is 0 Å². The van der Waals surface area contributed by atoms with Crippen LogP contribution in [-0.4, -0.2) is 49.6 Å². The van der Waals surface area contributed by atoms with Gasteiger partial charge in [0.2, 0.25) is 0 Å². The molecule has 0 spiro atoms. The molecule has 0 aromatic rings. The number of halogens is 2. The van der Waals surface area contributed by atoms with Crippen LogP contribution in [0.25, 0.3) is 0 Å². The summed E-state index contributed by atoms with van der Waals surface area (Å²) in [6.45, 7) is 9.12. The van der Waals surface area contributed by atoms with Gasteiger partial charge in [-0.1, -0.05) is 96.8 Å². The SMILES string of the molecule is CCCCCCCCCCCCCCCCCN1CCC(C2CCN(C)CC2)CC1.Cl.Cl. The van der Waals surface area contributed by atoms with Gasteiger partial charge in [0.15, 0.2) is 0 Å². The van der Waals surface area contributed by atoms with Crippen molar-refractivity contribution < 1.29 is 0 Å². The first-order valence-corrected chi connectivity index (χ1v) is 14.2. The number of rotatable bonds is 17. The number of piperidine rings is 2. The zero-order valence-electron chi connectivity index (χ0n) is 21.8. The predicted octanol–water partition coefficient (Wildman–Crippen LogP) is 8.76. The molecule has 0 aromatic heterocycles. The minimum absolute atomic E-state index is 0. The van der Waals surface area contributed by atoms with Gasteiger partial charge in [-0.3, -0.25) is 0 Å². The number of nitrogens with zero attached hydrogens (tertiary/aromatic N) is 2. The molecule has 2 aliphatic rings. The fourth-order valence-corrected chi connectivity index (χ4v) is 5.85. The third-order valence-electron chi connectivity index (χ3n) is 8.14. The lowest BCUT2D eigenvalue weighted by atomic mass is 9.79. The largest absolute Gasteiger partial charge is 0.306 e. The molecule has 2 nitrogen and oxygen atoms in total.